The SMILES string of the molecule is CCC(CC)NC(=O)C(C)NCc1ccccc1[N+](=O)[O-]. The number of benzene rings is 1. The number of carbonyl (C=O) groups is 1. The van der Waals surface area contributed by atoms with Crippen molar-refractivity contribution in [2.75, 3.05) is 0 Å². The van der Waals surface area contributed by atoms with E-state index in [1.165, 1.54) is 6.07 Å². The molecule has 1 rings (SSSR count). The molecule has 1 amide bonds. The van der Waals surface area contributed by atoms with Crippen molar-refractivity contribution in [1.29, 1.82) is 0 Å². The quantitative estimate of drug-likeness (QED) is 0.569. The molecule has 0 aliphatic heterocycles. The van der Waals surface area contributed by atoms with Crippen molar-refractivity contribution in [2.24, 2.45) is 0 Å². The Morgan fingerprint density at radius 3 is 2.48 bits per heavy atom. The molecule has 0 aromatic heterocycles. The number of nitro benzene ring substituents is 1. The lowest BCUT2D eigenvalue weighted by atomic mass is 10.1. The molecular weight excluding hydrogens is 270 g/mol. The first-order valence-electron chi connectivity index (χ1n) is 7.25. The third kappa shape index (κ3) is 5.15. The van der Waals surface area contributed by atoms with Gasteiger partial charge in [0.2, 0.25) is 5.91 Å². The summed E-state index contributed by atoms with van der Waals surface area (Å²) in [5.74, 6) is -0.0812. The minimum Gasteiger partial charge on any atom is -0.352 e. The Morgan fingerprint density at radius 2 is 1.90 bits per heavy atom. The van der Waals surface area contributed by atoms with Crippen molar-refractivity contribution in [2.45, 2.75) is 52.2 Å². The van der Waals surface area contributed by atoms with E-state index in [-0.39, 0.29) is 24.2 Å². The first kappa shape index (κ1) is 17.1. The fourth-order valence-electron chi connectivity index (χ4n) is 2.01. The molecule has 0 radical (unpaired) electrons. The molecule has 0 heterocycles. The van der Waals surface area contributed by atoms with Crippen LogP contribution in [0.3, 0.4) is 0 Å². The zero-order valence-corrected chi connectivity index (χ0v) is 12.8. The monoisotopic (exact) mass is 293 g/mol. The molecule has 0 aliphatic rings. The number of nitro groups is 1. The second kappa shape index (κ2) is 8.36. The van der Waals surface area contributed by atoms with E-state index in [1.807, 2.05) is 13.8 Å². The highest BCUT2D eigenvalue weighted by Crippen LogP contribution is 2.17. The van der Waals surface area contributed by atoms with E-state index < -0.39 is 11.0 Å². The van der Waals surface area contributed by atoms with Crippen LogP contribution in [0.1, 0.15) is 39.2 Å². The summed E-state index contributed by atoms with van der Waals surface area (Å²) in [5.41, 5.74) is 0.641. The van der Waals surface area contributed by atoms with E-state index in [2.05, 4.69) is 10.6 Å². The molecule has 1 atom stereocenters. The maximum absolute atomic E-state index is 12.0. The topological polar surface area (TPSA) is 84.3 Å². The van der Waals surface area contributed by atoms with Gasteiger partial charge < -0.3 is 10.6 Å². The van der Waals surface area contributed by atoms with Gasteiger partial charge in [-0.25, -0.2) is 0 Å². The van der Waals surface area contributed by atoms with Crippen LogP contribution >= 0.6 is 0 Å². The second-order valence-corrected chi connectivity index (χ2v) is 5.01. The minimum absolute atomic E-state index is 0.0672. The molecule has 1 aromatic carbocycles. The molecule has 0 aliphatic carbocycles. The van der Waals surface area contributed by atoms with Crippen LogP contribution < -0.4 is 10.6 Å². The van der Waals surface area contributed by atoms with E-state index in [1.54, 1.807) is 25.1 Å². The van der Waals surface area contributed by atoms with Gasteiger partial charge in [-0.1, -0.05) is 32.0 Å². The van der Waals surface area contributed by atoms with Gasteiger partial charge in [0.25, 0.3) is 5.69 Å². The van der Waals surface area contributed by atoms with Gasteiger partial charge in [-0.3, -0.25) is 14.9 Å². The summed E-state index contributed by atoms with van der Waals surface area (Å²) < 4.78 is 0. The fourth-order valence-corrected chi connectivity index (χ4v) is 2.01. The summed E-state index contributed by atoms with van der Waals surface area (Å²) in [6, 6.07) is 6.31. The van der Waals surface area contributed by atoms with Crippen LogP contribution in [0.25, 0.3) is 0 Å². The number of nitrogens with one attached hydrogen (secondary N) is 2. The van der Waals surface area contributed by atoms with Crippen LogP contribution in [0.15, 0.2) is 24.3 Å². The Labute approximate surface area is 125 Å². The lowest BCUT2D eigenvalue weighted by molar-refractivity contribution is -0.385. The summed E-state index contributed by atoms with van der Waals surface area (Å²) in [6.45, 7) is 6.10. The van der Waals surface area contributed by atoms with Crippen molar-refractivity contribution < 1.29 is 9.72 Å². The maximum Gasteiger partial charge on any atom is 0.273 e. The molecule has 21 heavy (non-hydrogen) atoms. The zero-order valence-electron chi connectivity index (χ0n) is 12.8. The maximum atomic E-state index is 12.0. The number of rotatable bonds is 8. The van der Waals surface area contributed by atoms with Crippen LogP contribution in [0.2, 0.25) is 0 Å². The highest BCUT2D eigenvalue weighted by Gasteiger charge is 2.17. The Bertz CT molecular complexity index is 487. The molecule has 1 unspecified atom stereocenters. The van der Waals surface area contributed by atoms with Crippen LogP contribution in [-0.2, 0) is 11.3 Å². The molecule has 0 fully saturated rings. The van der Waals surface area contributed by atoms with Gasteiger partial charge in [-0.15, -0.1) is 0 Å². The second-order valence-electron chi connectivity index (χ2n) is 5.01. The van der Waals surface area contributed by atoms with Crippen LogP contribution in [0, 0.1) is 10.1 Å². The Hall–Kier alpha value is -1.95. The molecule has 1 aromatic rings. The van der Waals surface area contributed by atoms with Gasteiger partial charge >= 0.3 is 0 Å². The third-order valence-electron chi connectivity index (χ3n) is 3.51. The smallest absolute Gasteiger partial charge is 0.273 e. The van der Waals surface area contributed by atoms with Crippen LogP contribution in [0.5, 0.6) is 0 Å². The van der Waals surface area contributed by atoms with Crippen molar-refractivity contribution >= 4 is 11.6 Å². The summed E-state index contributed by atoms with van der Waals surface area (Å²) in [4.78, 5) is 22.5. The van der Waals surface area contributed by atoms with Gasteiger partial charge in [-0.2, -0.15) is 0 Å². The standard InChI is InChI=1S/C15H23N3O3/c1-4-13(5-2)17-15(19)11(3)16-10-12-8-6-7-9-14(12)18(20)21/h6-9,11,13,16H,4-5,10H2,1-3H3,(H,17,19). The van der Waals surface area contributed by atoms with Crippen molar-refractivity contribution in [3.8, 4) is 0 Å². The number of nitrogens with zero attached hydrogens (tertiary/aromatic N) is 1. The summed E-state index contributed by atoms with van der Waals surface area (Å²) in [7, 11) is 0. The normalized spacial score (nSPS) is 12.2. The average molecular weight is 293 g/mol. The number of para-hydroxylation sites is 1. The largest absolute Gasteiger partial charge is 0.352 e. The molecule has 6 nitrogen and oxygen atoms in total. The lowest BCUT2D eigenvalue weighted by Crippen LogP contribution is -2.45. The summed E-state index contributed by atoms with van der Waals surface area (Å²) >= 11 is 0. The molecule has 0 bridgehead atoms. The van der Waals surface area contributed by atoms with E-state index in [9.17, 15) is 14.9 Å². The summed E-state index contributed by atoms with van der Waals surface area (Å²) in [5, 5.41) is 16.9. The average Bonchev–Trinajstić information content (AvgIpc) is 2.49. The first-order chi connectivity index (χ1) is 9.99. The molecule has 0 saturated carbocycles. The minimum atomic E-state index is -0.411. The van der Waals surface area contributed by atoms with Crippen molar-refractivity contribution in [3.05, 3.63) is 39.9 Å². The Morgan fingerprint density at radius 1 is 1.29 bits per heavy atom. The summed E-state index contributed by atoms with van der Waals surface area (Å²) in [6.07, 6.45) is 1.78. The lowest BCUT2D eigenvalue weighted by Gasteiger charge is -2.19. The number of hydrogen-bond acceptors (Lipinski definition) is 4. The van der Waals surface area contributed by atoms with Gasteiger partial charge in [0.05, 0.1) is 11.0 Å². The van der Waals surface area contributed by atoms with E-state index in [4.69, 9.17) is 0 Å². The van der Waals surface area contributed by atoms with E-state index in [0.717, 1.165) is 12.8 Å². The van der Waals surface area contributed by atoms with Gasteiger partial charge in [0.1, 0.15) is 0 Å². The number of carbonyl (C=O) groups excluding carboxylic acids is 1. The molecule has 0 saturated heterocycles. The van der Waals surface area contributed by atoms with Crippen molar-refractivity contribution in [1.82, 2.24) is 10.6 Å². The van der Waals surface area contributed by atoms with Gasteiger partial charge in [0, 0.05) is 24.2 Å². The molecule has 0 spiro atoms. The van der Waals surface area contributed by atoms with Gasteiger partial charge in [0.15, 0.2) is 0 Å². The van der Waals surface area contributed by atoms with Crippen LogP contribution in [0.4, 0.5) is 5.69 Å². The number of amides is 1. The third-order valence-corrected chi connectivity index (χ3v) is 3.51. The zero-order chi connectivity index (χ0) is 15.8. The molecule has 116 valence electrons. The molecule has 6 heteroatoms. The highest BCUT2D eigenvalue weighted by atomic mass is 16.6. The predicted molar refractivity (Wildman–Crippen MR) is 81.9 cm³/mol. The van der Waals surface area contributed by atoms with E-state index >= 15 is 0 Å². The van der Waals surface area contributed by atoms with Gasteiger partial charge in [-0.05, 0) is 19.8 Å². The van der Waals surface area contributed by atoms with Crippen molar-refractivity contribution in [3.63, 3.8) is 0 Å². The Kier molecular flexibility index (Phi) is 6.81. The number of hydrogen-bond donors (Lipinski definition) is 2. The van der Waals surface area contributed by atoms with Crippen LogP contribution in [-0.4, -0.2) is 22.9 Å². The van der Waals surface area contributed by atoms with E-state index in [0.29, 0.717) is 5.56 Å². The Balaban J connectivity index is 2.59. The fraction of sp³-hybridized carbons (Fsp3) is 0.533. The molecule has 2 N–H and O–H groups in total. The molecular formula is C15H23N3O3. The highest BCUT2D eigenvalue weighted by molar-refractivity contribution is 5.81. The first-order valence-corrected chi connectivity index (χ1v) is 7.25. The predicted octanol–water partition coefficient (Wildman–Crippen LogP) is 2.38.